The molecule has 2 aromatic rings. The van der Waals surface area contributed by atoms with Crippen molar-refractivity contribution in [2.24, 2.45) is 0 Å². The van der Waals surface area contributed by atoms with Crippen LogP contribution >= 0.6 is 23.2 Å². The van der Waals surface area contributed by atoms with Crippen LogP contribution < -0.4 is 10.1 Å². The minimum Gasteiger partial charge on any atom is -0.482 e. The number of nitrogens with zero attached hydrogens (tertiary/aromatic N) is 2. The first-order valence-corrected chi connectivity index (χ1v) is 8.58. The number of benzene rings is 1. The van der Waals surface area contributed by atoms with E-state index in [1.807, 2.05) is 0 Å². The van der Waals surface area contributed by atoms with Crippen molar-refractivity contribution in [3.8, 4) is 5.75 Å². The number of aromatic nitrogens is 2. The molecule has 1 aliphatic rings. The van der Waals surface area contributed by atoms with Crippen LogP contribution in [0.1, 0.15) is 43.9 Å². The summed E-state index contributed by atoms with van der Waals surface area (Å²) in [4.78, 5) is 11.9. The number of amides is 1. The van der Waals surface area contributed by atoms with E-state index in [2.05, 4.69) is 15.5 Å². The van der Waals surface area contributed by atoms with Crippen LogP contribution in [-0.4, -0.2) is 22.7 Å². The minimum atomic E-state index is -0.403. The van der Waals surface area contributed by atoms with Gasteiger partial charge in [0.05, 0.1) is 5.02 Å². The number of hydrogen-bond acceptors (Lipinski definition) is 5. The molecule has 1 N–H and O–H groups in total. The number of hydrogen-bond donors (Lipinski definition) is 1. The van der Waals surface area contributed by atoms with Crippen LogP contribution in [-0.2, 0) is 4.79 Å². The van der Waals surface area contributed by atoms with Gasteiger partial charge in [0.25, 0.3) is 5.91 Å². The summed E-state index contributed by atoms with van der Waals surface area (Å²) in [7, 11) is 0. The molecular formula is C16H17Cl2N3O3. The maximum Gasteiger partial charge on any atom is 0.322 e. The van der Waals surface area contributed by atoms with Gasteiger partial charge in [-0.05, 0) is 31.0 Å². The molecule has 1 aromatic carbocycles. The topological polar surface area (TPSA) is 77.2 Å². The van der Waals surface area contributed by atoms with Gasteiger partial charge in [-0.25, -0.2) is 0 Å². The molecule has 1 aromatic heterocycles. The van der Waals surface area contributed by atoms with E-state index in [-0.39, 0.29) is 12.6 Å². The fourth-order valence-electron chi connectivity index (χ4n) is 2.69. The molecule has 0 atom stereocenters. The molecule has 1 fully saturated rings. The van der Waals surface area contributed by atoms with E-state index in [4.69, 9.17) is 32.4 Å². The van der Waals surface area contributed by atoms with Crippen LogP contribution in [0.25, 0.3) is 0 Å². The fraction of sp³-hybridized carbons (Fsp3) is 0.438. The molecule has 0 unspecified atom stereocenters. The van der Waals surface area contributed by atoms with E-state index in [1.165, 1.54) is 19.3 Å². The SMILES string of the molecule is O=C(COc1ccc(Cl)cc1Cl)Nc1nnc(C2CCCCC2)o1. The number of anilines is 1. The average Bonchev–Trinajstić information content (AvgIpc) is 3.03. The van der Waals surface area contributed by atoms with Crippen molar-refractivity contribution < 1.29 is 13.9 Å². The second-order valence-corrected chi connectivity index (χ2v) is 6.54. The third kappa shape index (κ3) is 4.39. The van der Waals surface area contributed by atoms with E-state index in [1.54, 1.807) is 18.2 Å². The molecule has 1 heterocycles. The Labute approximate surface area is 149 Å². The van der Waals surface area contributed by atoms with Crippen LogP contribution in [0.15, 0.2) is 22.6 Å². The molecule has 1 aliphatic carbocycles. The number of halogens is 2. The van der Waals surface area contributed by atoms with Crippen molar-refractivity contribution >= 4 is 35.1 Å². The Morgan fingerprint density at radius 3 is 2.79 bits per heavy atom. The first-order chi connectivity index (χ1) is 11.6. The molecule has 0 radical (unpaired) electrons. The summed E-state index contributed by atoms with van der Waals surface area (Å²) in [6.07, 6.45) is 5.69. The van der Waals surface area contributed by atoms with Gasteiger partial charge < -0.3 is 9.15 Å². The molecule has 128 valence electrons. The smallest absolute Gasteiger partial charge is 0.322 e. The lowest BCUT2D eigenvalue weighted by Crippen LogP contribution is -2.20. The zero-order chi connectivity index (χ0) is 16.9. The predicted octanol–water partition coefficient (Wildman–Crippen LogP) is 4.44. The number of carbonyl (C=O) groups excluding carboxylic acids is 1. The van der Waals surface area contributed by atoms with Crippen LogP contribution in [0, 0.1) is 0 Å². The van der Waals surface area contributed by atoms with Crippen LogP contribution in [0.2, 0.25) is 10.0 Å². The van der Waals surface area contributed by atoms with E-state index in [0.717, 1.165) is 12.8 Å². The molecule has 6 nitrogen and oxygen atoms in total. The first kappa shape index (κ1) is 17.0. The standard InChI is InChI=1S/C16H17Cl2N3O3/c17-11-6-7-13(12(18)8-11)23-9-14(22)19-16-21-20-15(24-16)10-4-2-1-3-5-10/h6-8,10H,1-5,9H2,(H,19,21,22). The lowest BCUT2D eigenvalue weighted by Gasteiger charge is -2.17. The second-order valence-electron chi connectivity index (χ2n) is 5.69. The third-order valence-electron chi connectivity index (χ3n) is 3.89. The normalized spacial score (nSPS) is 15.2. The highest BCUT2D eigenvalue weighted by Gasteiger charge is 2.21. The molecule has 0 spiro atoms. The molecular weight excluding hydrogens is 353 g/mol. The Bertz CT molecular complexity index is 714. The Balaban J connectivity index is 1.52. The Morgan fingerprint density at radius 1 is 1.25 bits per heavy atom. The quantitative estimate of drug-likeness (QED) is 0.842. The third-order valence-corrected chi connectivity index (χ3v) is 4.42. The molecule has 24 heavy (non-hydrogen) atoms. The van der Waals surface area contributed by atoms with Gasteiger partial charge in [0.1, 0.15) is 5.75 Å². The lowest BCUT2D eigenvalue weighted by atomic mass is 9.89. The van der Waals surface area contributed by atoms with Crippen molar-refractivity contribution in [1.29, 1.82) is 0 Å². The van der Waals surface area contributed by atoms with Gasteiger partial charge in [-0.2, -0.15) is 0 Å². The molecule has 0 aliphatic heterocycles. The molecule has 8 heteroatoms. The van der Waals surface area contributed by atoms with Crippen LogP contribution in [0.3, 0.4) is 0 Å². The minimum absolute atomic E-state index is 0.0892. The summed E-state index contributed by atoms with van der Waals surface area (Å²) >= 11 is 11.8. The summed E-state index contributed by atoms with van der Waals surface area (Å²) < 4.78 is 10.9. The van der Waals surface area contributed by atoms with Crippen molar-refractivity contribution in [3.63, 3.8) is 0 Å². The number of rotatable bonds is 5. The van der Waals surface area contributed by atoms with Gasteiger partial charge in [-0.1, -0.05) is 47.6 Å². The Morgan fingerprint density at radius 2 is 2.04 bits per heavy atom. The predicted molar refractivity (Wildman–Crippen MR) is 90.7 cm³/mol. The van der Waals surface area contributed by atoms with E-state index in [0.29, 0.717) is 27.6 Å². The highest BCUT2D eigenvalue weighted by atomic mass is 35.5. The summed E-state index contributed by atoms with van der Waals surface area (Å²) in [6, 6.07) is 4.87. The van der Waals surface area contributed by atoms with Gasteiger partial charge in [-0.3, -0.25) is 10.1 Å². The zero-order valence-electron chi connectivity index (χ0n) is 12.9. The van der Waals surface area contributed by atoms with Crippen LogP contribution in [0.5, 0.6) is 5.75 Å². The largest absolute Gasteiger partial charge is 0.482 e. The molecule has 0 bridgehead atoms. The van der Waals surface area contributed by atoms with Gasteiger partial charge in [-0.15, -0.1) is 5.10 Å². The number of ether oxygens (including phenoxy) is 1. The fourth-order valence-corrected chi connectivity index (χ4v) is 3.15. The van der Waals surface area contributed by atoms with Crippen molar-refractivity contribution in [2.75, 3.05) is 11.9 Å². The summed E-state index contributed by atoms with van der Waals surface area (Å²) in [5, 5.41) is 11.3. The first-order valence-electron chi connectivity index (χ1n) is 7.83. The summed E-state index contributed by atoms with van der Waals surface area (Å²) in [6.45, 7) is -0.220. The second kappa shape index (κ2) is 7.85. The summed E-state index contributed by atoms with van der Waals surface area (Å²) in [5.41, 5.74) is 0. The van der Waals surface area contributed by atoms with Crippen LogP contribution in [0.4, 0.5) is 6.01 Å². The maximum absolute atomic E-state index is 11.9. The number of carbonyl (C=O) groups is 1. The highest BCUT2D eigenvalue weighted by Crippen LogP contribution is 2.32. The highest BCUT2D eigenvalue weighted by molar-refractivity contribution is 6.35. The van der Waals surface area contributed by atoms with E-state index >= 15 is 0 Å². The van der Waals surface area contributed by atoms with Gasteiger partial charge in [0.2, 0.25) is 5.89 Å². The van der Waals surface area contributed by atoms with Crippen molar-refractivity contribution in [2.45, 2.75) is 38.0 Å². The maximum atomic E-state index is 11.9. The average molecular weight is 370 g/mol. The molecule has 3 rings (SSSR count). The summed E-state index contributed by atoms with van der Waals surface area (Å²) in [5.74, 6) is 0.859. The van der Waals surface area contributed by atoms with E-state index < -0.39 is 5.91 Å². The monoisotopic (exact) mass is 369 g/mol. The van der Waals surface area contributed by atoms with Crippen molar-refractivity contribution in [3.05, 3.63) is 34.1 Å². The van der Waals surface area contributed by atoms with Gasteiger partial charge in [0, 0.05) is 10.9 Å². The molecule has 1 amide bonds. The molecule has 0 saturated heterocycles. The molecule has 1 saturated carbocycles. The Hall–Kier alpha value is -1.79. The number of nitrogens with one attached hydrogen (secondary N) is 1. The lowest BCUT2D eigenvalue weighted by molar-refractivity contribution is -0.118. The van der Waals surface area contributed by atoms with Crippen molar-refractivity contribution in [1.82, 2.24) is 10.2 Å². The van der Waals surface area contributed by atoms with Gasteiger partial charge >= 0.3 is 6.01 Å². The van der Waals surface area contributed by atoms with E-state index in [9.17, 15) is 4.79 Å². The zero-order valence-corrected chi connectivity index (χ0v) is 14.4. The van der Waals surface area contributed by atoms with Gasteiger partial charge in [0.15, 0.2) is 6.61 Å². The Kier molecular flexibility index (Phi) is 5.58.